The number of pyridine rings is 1. The van der Waals surface area contributed by atoms with E-state index in [2.05, 4.69) is 10.1 Å². The van der Waals surface area contributed by atoms with Gasteiger partial charge in [-0.05, 0) is 11.6 Å². The van der Waals surface area contributed by atoms with Gasteiger partial charge in [-0.15, -0.1) is 0 Å². The molecule has 0 fully saturated rings. The summed E-state index contributed by atoms with van der Waals surface area (Å²) in [6.07, 6.45) is 1.57. The van der Waals surface area contributed by atoms with Crippen molar-refractivity contribution in [1.29, 1.82) is 0 Å². The van der Waals surface area contributed by atoms with Gasteiger partial charge in [0.05, 0.1) is 5.56 Å². The van der Waals surface area contributed by atoms with Crippen molar-refractivity contribution in [3.05, 3.63) is 59.0 Å². The van der Waals surface area contributed by atoms with Gasteiger partial charge in [0.2, 0.25) is 11.4 Å². The SMILES string of the molecule is Nc1onc(-c2cc[nH]c(=O)c2)c1-c1ccccc1. The second-order valence-corrected chi connectivity index (χ2v) is 4.08. The van der Waals surface area contributed by atoms with Crippen molar-refractivity contribution < 1.29 is 4.52 Å². The molecule has 0 spiro atoms. The van der Waals surface area contributed by atoms with Crippen LogP contribution in [0.5, 0.6) is 0 Å². The Morgan fingerprint density at radius 3 is 2.63 bits per heavy atom. The Morgan fingerprint density at radius 2 is 1.89 bits per heavy atom. The van der Waals surface area contributed by atoms with Gasteiger partial charge in [0.1, 0.15) is 5.69 Å². The summed E-state index contributed by atoms with van der Waals surface area (Å²) in [6, 6.07) is 12.8. The third-order valence-corrected chi connectivity index (χ3v) is 2.83. The highest BCUT2D eigenvalue weighted by Crippen LogP contribution is 2.35. The Bertz CT molecular complexity index is 760. The predicted octanol–water partition coefficient (Wildman–Crippen LogP) is 2.28. The van der Waals surface area contributed by atoms with Crippen molar-refractivity contribution >= 4 is 5.88 Å². The van der Waals surface area contributed by atoms with Gasteiger partial charge in [0.15, 0.2) is 0 Å². The van der Waals surface area contributed by atoms with Gasteiger partial charge in [0, 0.05) is 17.8 Å². The molecule has 19 heavy (non-hydrogen) atoms. The zero-order chi connectivity index (χ0) is 13.2. The first-order valence-corrected chi connectivity index (χ1v) is 5.75. The molecule has 0 unspecified atom stereocenters. The number of nitrogens with zero attached hydrogens (tertiary/aromatic N) is 1. The largest absolute Gasteiger partial charge is 0.367 e. The highest BCUT2D eigenvalue weighted by Gasteiger charge is 2.17. The molecular weight excluding hydrogens is 242 g/mol. The molecule has 94 valence electrons. The summed E-state index contributed by atoms with van der Waals surface area (Å²) in [6.45, 7) is 0. The van der Waals surface area contributed by atoms with E-state index in [1.165, 1.54) is 6.07 Å². The first kappa shape index (κ1) is 11.3. The van der Waals surface area contributed by atoms with Crippen LogP contribution in [0.1, 0.15) is 0 Å². The Hall–Kier alpha value is -2.82. The predicted molar refractivity (Wildman–Crippen MR) is 72.4 cm³/mol. The van der Waals surface area contributed by atoms with E-state index < -0.39 is 0 Å². The van der Waals surface area contributed by atoms with Crippen molar-refractivity contribution in [2.24, 2.45) is 0 Å². The van der Waals surface area contributed by atoms with Crippen LogP contribution in [0.25, 0.3) is 22.4 Å². The number of nitrogens with one attached hydrogen (secondary N) is 1. The van der Waals surface area contributed by atoms with E-state index in [9.17, 15) is 4.79 Å². The lowest BCUT2D eigenvalue weighted by atomic mass is 10.0. The fraction of sp³-hybridized carbons (Fsp3) is 0. The molecule has 0 saturated carbocycles. The van der Waals surface area contributed by atoms with Gasteiger partial charge in [-0.2, -0.15) is 0 Å². The number of anilines is 1. The third-order valence-electron chi connectivity index (χ3n) is 2.83. The quantitative estimate of drug-likeness (QED) is 0.733. The van der Waals surface area contributed by atoms with Gasteiger partial charge in [-0.1, -0.05) is 35.5 Å². The molecule has 3 N–H and O–H groups in total. The zero-order valence-electron chi connectivity index (χ0n) is 9.96. The van der Waals surface area contributed by atoms with Crippen LogP contribution in [-0.2, 0) is 0 Å². The normalized spacial score (nSPS) is 10.5. The molecule has 0 saturated heterocycles. The van der Waals surface area contributed by atoms with Crippen LogP contribution in [-0.4, -0.2) is 10.1 Å². The summed E-state index contributed by atoms with van der Waals surface area (Å²) in [4.78, 5) is 13.9. The molecule has 5 heteroatoms. The number of aromatic nitrogens is 2. The minimum atomic E-state index is -0.196. The fourth-order valence-electron chi connectivity index (χ4n) is 1.98. The van der Waals surface area contributed by atoms with Crippen molar-refractivity contribution in [1.82, 2.24) is 10.1 Å². The van der Waals surface area contributed by atoms with Crippen molar-refractivity contribution in [2.45, 2.75) is 0 Å². The number of hydrogen-bond acceptors (Lipinski definition) is 4. The molecule has 3 aromatic rings. The summed E-state index contributed by atoms with van der Waals surface area (Å²) < 4.78 is 5.06. The van der Waals surface area contributed by atoms with Gasteiger partial charge in [-0.3, -0.25) is 4.79 Å². The van der Waals surface area contributed by atoms with Gasteiger partial charge in [0.25, 0.3) is 0 Å². The first-order chi connectivity index (χ1) is 9.25. The molecule has 0 aliphatic heterocycles. The van der Waals surface area contributed by atoms with E-state index in [-0.39, 0.29) is 11.4 Å². The Morgan fingerprint density at radius 1 is 1.11 bits per heavy atom. The standard InChI is InChI=1S/C14H11N3O2/c15-14-12(9-4-2-1-3-5-9)13(17-19-14)10-6-7-16-11(18)8-10/h1-8H,15H2,(H,16,18). The van der Waals surface area contributed by atoms with E-state index in [4.69, 9.17) is 10.3 Å². The van der Waals surface area contributed by atoms with Crippen LogP contribution in [0.3, 0.4) is 0 Å². The minimum absolute atomic E-state index is 0.196. The number of nitrogen functional groups attached to an aromatic ring is 1. The number of rotatable bonds is 2. The average molecular weight is 253 g/mol. The molecular formula is C14H11N3O2. The number of hydrogen-bond donors (Lipinski definition) is 2. The summed E-state index contributed by atoms with van der Waals surface area (Å²) in [7, 11) is 0. The Kier molecular flexibility index (Phi) is 2.64. The highest BCUT2D eigenvalue weighted by atomic mass is 16.5. The number of H-pyrrole nitrogens is 1. The smallest absolute Gasteiger partial charge is 0.248 e. The van der Waals surface area contributed by atoms with Crippen molar-refractivity contribution in [2.75, 3.05) is 5.73 Å². The second kappa shape index (κ2) is 4.45. The van der Waals surface area contributed by atoms with Gasteiger partial charge < -0.3 is 15.2 Å². The summed E-state index contributed by atoms with van der Waals surface area (Å²) in [5, 5.41) is 3.95. The lowest BCUT2D eigenvalue weighted by molar-refractivity contribution is 0.439. The molecule has 0 bridgehead atoms. The van der Waals surface area contributed by atoms with Crippen molar-refractivity contribution in [3.8, 4) is 22.4 Å². The van der Waals surface area contributed by atoms with E-state index in [1.807, 2.05) is 30.3 Å². The molecule has 2 aromatic heterocycles. The maximum absolute atomic E-state index is 11.4. The topological polar surface area (TPSA) is 84.9 Å². The summed E-state index contributed by atoms with van der Waals surface area (Å²) in [5.74, 6) is 0.237. The van der Waals surface area contributed by atoms with Gasteiger partial charge >= 0.3 is 0 Å². The maximum Gasteiger partial charge on any atom is 0.248 e. The molecule has 0 amide bonds. The monoisotopic (exact) mass is 253 g/mol. The van der Waals surface area contributed by atoms with Crippen molar-refractivity contribution in [3.63, 3.8) is 0 Å². The molecule has 0 aliphatic rings. The molecule has 2 heterocycles. The lowest BCUT2D eigenvalue weighted by Gasteiger charge is -2.01. The number of nitrogens with two attached hydrogens (primary N) is 1. The van der Waals surface area contributed by atoms with Crippen LogP contribution in [0.2, 0.25) is 0 Å². The molecule has 0 aliphatic carbocycles. The highest BCUT2D eigenvalue weighted by molar-refractivity contribution is 5.86. The molecule has 1 aromatic carbocycles. The lowest BCUT2D eigenvalue weighted by Crippen LogP contribution is -2.02. The maximum atomic E-state index is 11.4. The van der Waals surface area contributed by atoms with Crippen LogP contribution < -0.4 is 11.3 Å². The Balaban J connectivity index is 2.22. The zero-order valence-corrected chi connectivity index (χ0v) is 9.96. The van der Waals surface area contributed by atoms with Crippen LogP contribution >= 0.6 is 0 Å². The van der Waals surface area contributed by atoms with E-state index >= 15 is 0 Å². The first-order valence-electron chi connectivity index (χ1n) is 5.75. The van der Waals surface area contributed by atoms with E-state index in [1.54, 1.807) is 12.3 Å². The van der Waals surface area contributed by atoms with E-state index in [0.717, 1.165) is 5.56 Å². The molecule has 0 atom stereocenters. The fourth-order valence-corrected chi connectivity index (χ4v) is 1.98. The summed E-state index contributed by atoms with van der Waals surface area (Å²) >= 11 is 0. The second-order valence-electron chi connectivity index (χ2n) is 4.08. The minimum Gasteiger partial charge on any atom is -0.367 e. The van der Waals surface area contributed by atoms with Crippen LogP contribution in [0, 0.1) is 0 Å². The molecule has 0 radical (unpaired) electrons. The van der Waals surface area contributed by atoms with E-state index in [0.29, 0.717) is 16.8 Å². The Labute approximate surface area is 108 Å². The van der Waals surface area contributed by atoms with Gasteiger partial charge in [-0.25, -0.2) is 0 Å². The molecule has 3 rings (SSSR count). The van der Waals surface area contributed by atoms with Crippen LogP contribution in [0.4, 0.5) is 5.88 Å². The van der Waals surface area contributed by atoms with Crippen LogP contribution in [0.15, 0.2) is 58.0 Å². The number of benzene rings is 1. The number of aromatic amines is 1. The summed E-state index contributed by atoms with van der Waals surface area (Å²) in [5.41, 5.74) is 8.47. The molecule has 5 nitrogen and oxygen atoms in total. The average Bonchev–Trinajstić information content (AvgIpc) is 2.82. The third kappa shape index (κ3) is 2.01.